The van der Waals surface area contributed by atoms with Crippen LogP contribution in [0.25, 0.3) is 11.2 Å². The molecule has 0 aromatic carbocycles. The van der Waals surface area contributed by atoms with Crippen molar-refractivity contribution >= 4 is 11.2 Å². The first-order valence-electron chi connectivity index (χ1n) is 4.41. The molecule has 1 atom stereocenters. The summed E-state index contributed by atoms with van der Waals surface area (Å²) in [4.78, 5) is 8.45. The highest BCUT2D eigenvalue weighted by Gasteiger charge is 2.13. The van der Waals surface area contributed by atoms with Crippen molar-refractivity contribution in [1.82, 2.24) is 14.5 Å². The minimum atomic E-state index is -0.200. The summed E-state index contributed by atoms with van der Waals surface area (Å²) in [6, 6.07) is 5.99. The lowest BCUT2D eigenvalue weighted by atomic mass is 10.2. The van der Waals surface area contributed by atoms with E-state index in [4.69, 9.17) is 5.26 Å². The van der Waals surface area contributed by atoms with Crippen molar-refractivity contribution in [3.63, 3.8) is 0 Å². The fourth-order valence-corrected chi connectivity index (χ4v) is 1.49. The molecule has 2 aromatic heterocycles. The molecule has 2 aromatic rings. The van der Waals surface area contributed by atoms with Gasteiger partial charge in [-0.1, -0.05) is 0 Å². The van der Waals surface area contributed by atoms with Crippen molar-refractivity contribution in [3.8, 4) is 6.07 Å². The zero-order valence-electron chi connectivity index (χ0n) is 8.10. The monoisotopic (exact) mass is 186 g/mol. The molecule has 0 aliphatic heterocycles. The number of rotatable bonds is 1. The van der Waals surface area contributed by atoms with E-state index in [1.807, 2.05) is 30.7 Å². The zero-order valence-corrected chi connectivity index (χ0v) is 8.10. The number of nitriles is 1. The lowest BCUT2D eigenvalue weighted by molar-refractivity contribution is 0.777. The van der Waals surface area contributed by atoms with Gasteiger partial charge in [-0.25, -0.2) is 9.97 Å². The largest absolute Gasteiger partial charge is 0.329 e. The summed E-state index contributed by atoms with van der Waals surface area (Å²) in [7, 11) is 1.90. The molecule has 0 saturated heterocycles. The lowest BCUT2D eigenvalue weighted by Crippen LogP contribution is -2.00. The van der Waals surface area contributed by atoms with Gasteiger partial charge in [0.2, 0.25) is 0 Å². The van der Waals surface area contributed by atoms with Gasteiger partial charge in [0.15, 0.2) is 5.65 Å². The van der Waals surface area contributed by atoms with E-state index in [-0.39, 0.29) is 5.92 Å². The summed E-state index contributed by atoms with van der Waals surface area (Å²) in [6.07, 6.45) is 1.70. The third-order valence-corrected chi connectivity index (χ3v) is 2.27. The number of pyridine rings is 1. The van der Waals surface area contributed by atoms with Crippen LogP contribution in [-0.2, 0) is 7.05 Å². The molecule has 70 valence electrons. The minimum absolute atomic E-state index is 0.200. The number of aromatic nitrogens is 3. The van der Waals surface area contributed by atoms with E-state index in [2.05, 4.69) is 16.0 Å². The SMILES string of the molecule is CC(C#N)c1nc2ncccc2n1C. The van der Waals surface area contributed by atoms with Crippen LogP contribution in [0.4, 0.5) is 0 Å². The Kier molecular flexibility index (Phi) is 1.93. The van der Waals surface area contributed by atoms with Crippen molar-refractivity contribution in [2.24, 2.45) is 7.05 Å². The first-order valence-corrected chi connectivity index (χ1v) is 4.41. The van der Waals surface area contributed by atoms with E-state index in [0.717, 1.165) is 11.3 Å². The third-order valence-electron chi connectivity index (χ3n) is 2.27. The summed E-state index contributed by atoms with van der Waals surface area (Å²) >= 11 is 0. The highest BCUT2D eigenvalue weighted by atomic mass is 15.1. The first kappa shape index (κ1) is 8.70. The molecule has 0 N–H and O–H groups in total. The quantitative estimate of drug-likeness (QED) is 0.679. The minimum Gasteiger partial charge on any atom is -0.329 e. The molecule has 1 unspecified atom stereocenters. The highest BCUT2D eigenvalue weighted by molar-refractivity contribution is 5.71. The molecule has 2 heterocycles. The molecule has 2 rings (SSSR count). The Hall–Kier alpha value is -1.89. The standard InChI is InChI=1S/C10H10N4/c1-7(6-11)10-13-9-8(14(10)2)4-3-5-12-9/h3-5,7H,1-2H3. The molecule has 0 fully saturated rings. The van der Waals surface area contributed by atoms with Crippen LogP contribution in [0.2, 0.25) is 0 Å². The first-order chi connectivity index (χ1) is 6.74. The van der Waals surface area contributed by atoms with Crippen molar-refractivity contribution in [3.05, 3.63) is 24.2 Å². The van der Waals surface area contributed by atoms with Gasteiger partial charge in [-0.15, -0.1) is 0 Å². The van der Waals surface area contributed by atoms with Crippen LogP contribution in [0.3, 0.4) is 0 Å². The number of fused-ring (bicyclic) bond motifs is 1. The molecule has 4 heteroatoms. The van der Waals surface area contributed by atoms with Crippen LogP contribution in [0.1, 0.15) is 18.7 Å². The second-order valence-corrected chi connectivity index (χ2v) is 3.23. The smallest absolute Gasteiger partial charge is 0.177 e. The highest BCUT2D eigenvalue weighted by Crippen LogP contribution is 2.18. The van der Waals surface area contributed by atoms with Gasteiger partial charge in [-0.2, -0.15) is 5.26 Å². The second-order valence-electron chi connectivity index (χ2n) is 3.23. The van der Waals surface area contributed by atoms with Crippen LogP contribution in [0, 0.1) is 11.3 Å². The molecule has 4 nitrogen and oxygen atoms in total. The molecular formula is C10H10N4. The lowest BCUT2D eigenvalue weighted by Gasteiger charge is -2.01. The summed E-state index contributed by atoms with van der Waals surface area (Å²) < 4.78 is 1.91. The molecule has 0 aliphatic carbocycles. The Bertz CT molecular complexity index is 506. The normalized spacial score (nSPS) is 12.6. The van der Waals surface area contributed by atoms with Gasteiger partial charge in [0.25, 0.3) is 0 Å². The maximum atomic E-state index is 8.81. The maximum absolute atomic E-state index is 8.81. The van der Waals surface area contributed by atoms with Crippen LogP contribution < -0.4 is 0 Å². The molecule has 0 amide bonds. The van der Waals surface area contributed by atoms with Crippen LogP contribution >= 0.6 is 0 Å². The maximum Gasteiger partial charge on any atom is 0.177 e. The molecule has 0 radical (unpaired) electrons. The molecule has 0 aliphatic rings. The number of imidazole rings is 1. The van der Waals surface area contributed by atoms with E-state index in [1.165, 1.54) is 0 Å². The van der Waals surface area contributed by atoms with Gasteiger partial charge in [-0.05, 0) is 19.1 Å². The van der Waals surface area contributed by atoms with Crippen molar-refractivity contribution in [2.45, 2.75) is 12.8 Å². The summed E-state index contributed by atoms with van der Waals surface area (Å²) in [5.41, 5.74) is 1.66. The average Bonchev–Trinajstić information content (AvgIpc) is 2.56. The Morgan fingerprint density at radius 3 is 3.00 bits per heavy atom. The van der Waals surface area contributed by atoms with E-state index in [1.54, 1.807) is 6.20 Å². The van der Waals surface area contributed by atoms with E-state index in [0.29, 0.717) is 5.65 Å². The van der Waals surface area contributed by atoms with Gasteiger partial charge >= 0.3 is 0 Å². The third kappa shape index (κ3) is 1.14. The van der Waals surface area contributed by atoms with Crippen molar-refractivity contribution in [1.29, 1.82) is 5.26 Å². The number of aryl methyl sites for hydroxylation is 1. The Morgan fingerprint density at radius 1 is 1.57 bits per heavy atom. The van der Waals surface area contributed by atoms with Gasteiger partial charge in [-0.3, -0.25) is 0 Å². The predicted molar refractivity (Wildman–Crippen MR) is 52.5 cm³/mol. The predicted octanol–water partition coefficient (Wildman–Crippen LogP) is 1.60. The topological polar surface area (TPSA) is 54.5 Å². The molecule has 14 heavy (non-hydrogen) atoms. The molecule has 0 saturated carbocycles. The van der Waals surface area contributed by atoms with Gasteiger partial charge in [0.1, 0.15) is 11.7 Å². The van der Waals surface area contributed by atoms with Crippen LogP contribution in [-0.4, -0.2) is 14.5 Å². The van der Waals surface area contributed by atoms with Crippen LogP contribution in [0.5, 0.6) is 0 Å². The van der Waals surface area contributed by atoms with E-state index in [9.17, 15) is 0 Å². The summed E-state index contributed by atoms with van der Waals surface area (Å²) in [5.74, 6) is 0.565. The summed E-state index contributed by atoms with van der Waals surface area (Å²) in [5, 5.41) is 8.81. The Morgan fingerprint density at radius 2 is 2.36 bits per heavy atom. The van der Waals surface area contributed by atoms with Crippen LogP contribution in [0.15, 0.2) is 18.3 Å². The van der Waals surface area contributed by atoms with Gasteiger partial charge in [0, 0.05) is 13.2 Å². The fourth-order valence-electron chi connectivity index (χ4n) is 1.49. The Labute approximate surface area is 81.8 Å². The second kappa shape index (κ2) is 3.11. The van der Waals surface area contributed by atoms with E-state index >= 15 is 0 Å². The molecular weight excluding hydrogens is 176 g/mol. The fraction of sp³-hybridized carbons (Fsp3) is 0.300. The van der Waals surface area contributed by atoms with Crippen molar-refractivity contribution < 1.29 is 0 Å². The number of nitrogens with zero attached hydrogens (tertiary/aromatic N) is 4. The van der Waals surface area contributed by atoms with Gasteiger partial charge in [0.05, 0.1) is 11.6 Å². The van der Waals surface area contributed by atoms with Gasteiger partial charge < -0.3 is 4.57 Å². The summed E-state index contributed by atoms with van der Waals surface area (Å²) in [6.45, 7) is 1.83. The van der Waals surface area contributed by atoms with E-state index < -0.39 is 0 Å². The zero-order chi connectivity index (χ0) is 10.1. The number of hydrogen-bond acceptors (Lipinski definition) is 3. The van der Waals surface area contributed by atoms with Crippen molar-refractivity contribution in [2.75, 3.05) is 0 Å². The molecule has 0 spiro atoms. The Balaban J connectivity index is 2.70. The molecule has 0 bridgehead atoms. The number of hydrogen-bond donors (Lipinski definition) is 0. The average molecular weight is 186 g/mol.